The van der Waals surface area contributed by atoms with E-state index in [0.717, 1.165) is 6.42 Å². The molecule has 2 aliphatic carbocycles. The Hall–Kier alpha value is -1.63. The van der Waals surface area contributed by atoms with Gasteiger partial charge in [0.25, 0.3) is 0 Å². The summed E-state index contributed by atoms with van der Waals surface area (Å²) in [4.78, 5) is 4.26. The summed E-state index contributed by atoms with van der Waals surface area (Å²) in [5, 5.41) is 0. The zero-order valence-corrected chi connectivity index (χ0v) is 9.70. The van der Waals surface area contributed by atoms with E-state index in [2.05, 4.69) is 49.2 Å². The van der Waals surface area contributed by atoms with Crippen molar-refractivity contribution in [3.63, 3.8) is 0 Å². The van der Waals surface area contributed by atoms with Crippen molar-refractivity contribution in [2.24, 2.45) is 0 Å². The van der Waals surface area contributed by atoms with Crippen molar-refractivity contribution < 1.29 is 0 Å². The molecule has 80 valence electrons. The summed E-state index contributed by atoms with van der Waals surface area (Å²) in [6, 6.07) is 2.13. The van der Waals surface area contributed by atoms with Crippen molar-refractivity contribution >= 4 is 5.57 Å². The maximum Gasteiger partial charge on any atom is 0.0314 e. The summed E-state index contributed by atoms with van der Waals surface area (Å²) in [6.45, 7) is 4.57. The van der Waals surface area contributed by atoms with Gasteiger partial charge < -0.3 is 0 Å². The lowest BCUT2D eigenvalue weighted by molar-refractivity contribution is 0.655. The normalized spacial score (nSPS) is 20.6. The number of hydrogen-bond donors (Lipinski definition) is 0. The quantitative estimate of drug-likeness (QED) is 0.635. The second kappa shape index (κ2) is 3.18. The Morgan fingerprint density at radius 1 is 1.31 bits per heavy atom. The molecule has 0 aromatic carbocycles. The van der Waals surface area contributed by atoms with Crippen LogP contribution in [0.2, 0.25) is 0 Å². The Morgan fingerprint density at radius 3 is 3.06 bits per heavy atom. The molecular weight excluding hydrogens is 194 g/mol. The van der Waals surface area contributed by atoms with Gasteiger partial charge in [0.15, 0.2) is 0 Å². The molecule has 3 rings (SSSR count). The smallest absolute Gasteiger partial charge is 0.0314 e. The molecule has 1 aromatic heterocycles. The maximum atomic E-state index is 4.26. The summed E-state index contributed by atoms with van der Waals surface area (Å²) >= 11 is 0. The maximum absolute atomic E-state index is 4.26. The largest absolute Gasteiger partial charge is 0.264 e. The Kier molecular flexibility index (Phi) is 1.90. The average Bonchev–Trinajstić information content (AvgIpc) is 2.50. The monoisotopic (exact) mass is 209 g/mol. The van der Waals surface area contributed by atoms with E-state index in [1.807, 2.05) is 12.4 Å². The van der Waals surface area contributed by atoms with Gasteiger partial charge in [-0.15, -0.1) is 0 Å². The molecule has 0 spiro atoms. The van der Waals surface area contributed by atoms with Gasteiger partial charge >= 0.3 is 0 Å². The lowest BCUT2D eigenvalue weighted by Crippen LogP contribution is -2.15. The van der Waals surface area contributed by atoms with Gasteiger partial charge in [-0.2, -0.15) is 0 Å². The highest BCUT2D eigenvalue weighted by Crippen LogP contribution is 2.49. The number of fused-ring (bicyclic) bond motifs is 3. The summed E-state index contributed by atoms with van der Waals surface area (Å²) in [5.41, 5.74) is 5.61. The molecule has 0 saturated heterocycles. The van der Waals surface area contributed by atoms with Crippen molar-refractivity contribution in [1.82, 2.24) is 4.98 Å². The van der Waals surface area contributed by atoms with Crippen LogP contribution in [0.25, 0.3) is 5.57 Å². The second-order valence-electron chi connectivity index (χ2n) is 4.91. The van der Waals surface area contributed by atoms with Gasteiger partial charge in [-0.1, -0.05) is 38.2 Å². The number of allylic oxidation sites excluding steroid dienone is 6. The van der Waals surface area contributed by atoms with Crippen LogP contribution in [0.5, 0.6) is 0 Å². The molecule has 0 aliphatic heterocycles. The molecular formula is C15H15N. The van der Waals surface area contributed by atoms with Crippen LogP contribution in [-0.2, 0) is 5.41 Å². The third-order valence-corrected chi connectivity index (χ3v) is 3.61. The molecule has 0 bridgehead atoms. The topological polar surface area (TPSA) is 12.9 Å². The Labute approximate surface area is 96.2 Å². The highest BCUT2D eigenvalue weighted by atomic mass is 14.6. The summed E-state index contributed by atoms with van der Waals surface area (Å²) in [6.07, 6.45) is 13.9. The van der Waals surface area contributed by atoms with Crippen molar-refractivity contribution in [3.05, 3.63) is 59.5 Å². The Morgan fingerprint density at radius 2 is 2.19 bits per heavy atom. The van der Waals surface area contributed by atoms with Crippen molar-refractivity contribution in [2.45, 2.75) is 25.7 Å². The summed E-state index contributed by atoms with van der Waals surface area (Å²) in [7, 11) is 0. The van der Waals surface area contributed by atoms with Crippen molar-refractivity contribution in [3.8, 4) is 0 Å². The minimum atomic E-state index is 0.0987. The van der Waals surface area contributed by atoms with Gasteiger partial charge in [0.2, 0.25) is 0 Å². The first-order valence-electron chi connectivity index (χ1n) is 5.74. The molecule has 0 atom stereocenters. The van der Waals surface area contributed by atoms with E-state index < -0.39 is 0 Å². The molecule has 1 nitrogen and oxygen atoms in total. The van der Waals surface area contributed by atoms with Gasteiger partial charge in [0.1, 0.15) is 0 Å². The van der Waals surface area contributed by atoms with E-state index in [1.165, 1.54) is 22.3 Å². The van der Waals surface area contributed by atoms with Crippen LogP contribution in [-0.4, -0.2) is 4.98 Å². The second-order valence-corrected chi connectivity index (χ2v) is 4.91. The SMILES string of the molecule is CC1(C)C2=CCC=CC=C2c2ccncc21. The van der Waals surface area contributed by atoms with Crippen LogP contribution in [0, 0.1) is 0 Å². The fourth-order valence-corrected chi connectivity index (χ4v) is 2.73. The molecule has 0 N–H and O–H groups in total. The zero-order chi connectivity index (χ0) is 11.2. The van der Waals surface area contributed by atoms with Crippen LogP contribution < -0.4 is 0 Å². The number of nitrogens with zero attached hydrogens (tertiary/aromatic N) is 1. The Balaban J connectivity index is 2.33. The summed E-state index contributed by atoms with van der Waals surface area (Å²) in [5.74, 6) is 0. The molecule has 2 aliphatic rings. The average molecular weight is 209 g/mol. The van der Waals surface area contributed by atoms with Crippen molar-refractivity contribution in [1.29, 1.82) is 0 Å². The number of rotatable bonds is 0. The highest BCUT2D eigenvalue weighted by Gasteiger charge is 2.37. The standard InChI is InChI=1S/C15H15N/c1-15(2)13-7-5-3-4-6-11(13)12-8-9-16-10-14(12)15/h3-4,6-10H,5H2,1-2H3. The van der Waals surface area contributed by atoms with E-state index in [4.69, 9.17) is 0 Å². The zero-order valence-electron chi connectivity index (χ0n) is 9.70. The predicted octanol–water partition coefficient (Wildman–Crippen LogP) is 3.64. The fraction of sp³-hybridized carbons (Fsp3) is 0.267. The number of aromatic nitrogens is 1. The van der Waals surface area contributed by atoms with Crippen molar-refractivity contribution in [2.75, 3.05) is 0 Å². The fourth-order valence-electron chi connectivity index (χ4n) is 2.73. The lowest BCUT2D eigenvalue weighted by atomic mass is 9.82. The van der Waals surface area contributed by atoms with Crippen LogP contribution in [0.4, 0.5) is 0 Å². The predicted molar refractivity (Wildman–Crippen MR) is 67.1 cm³/mol. The van der Waals surface area contributed by atoms with Gasteiger partial charge in [0.05, 0.1) is 0 Å². The first-order chi connectivity index (χ1) is 7.71. The van der Waals surface area contributed by atoms with E-state index in [9.17, 15) is 0 Å². The van der Waals surface area contributed by atoms with Crippen LogP contribution in [0.1, 0.15) is 31.4 Å². The van der Waals surface area contributed by atoms with Crippen LogP contribution >= 0.6 is 0 Å². The molecule has 0 fully saturated rings. The van der Waals surface area contributed by atoms with Gasteiger partial charge in [-0.3, -0.25) is 4.98 Å². The first-order valence-corrected chi connectivity index (χ1v) is 5.74. The third kappa shape index (κ3) is 1.15. The molecule has 0 amide bonds. The van der Waals surface area contributed by atoms with E-state index in [-0.39, 0.29) is 5.41 Å². The Bertz CT molecular complexity index is 530. The minimum Gasteiger partial charge on any atom is -0.264 e. The number of hydrogen-bond acceptors (Lipinski definition) is 1. The third-order valence-electron chi connectivity index (χ3n) is 3.61. The van der Waals surface area contributed by atoms with E-state index >= 15 is 0 Å². The molecule has 1 heterocycles. The van der Waals surface area contributed by atoms with E-state index in [0.29, 0.717) is 0 Å². The van der Waals surface area contributed by atoms with Crippen LogP contribution in [0.15, 0.2) is 48.3 Å². The summed E-state index contributed by atoms with van der Waals surface area (Å²) < 4.78 is 0. The lowest BCUT2D eigenvalue weighted by Gasteiger charge is -2.21. The van der Waals surface area contributed by atoms with Gasteiger partial charge in [-0.05, 0) is 34.8 Å². The molecule has 0 unspecified atom stereocenters. The highest BCUT2D eigenvalue weighted by molar-refractivity contribution is 5.90. The minimum absolute atomic E-state index is 0.0987. The van der Waals surface area contributed by atoms with E-state index in [1.54, 1.807) is 0 Å². The molecule has 0 saturated carbocycles. The molecule has 0 radical (unpaired) electrons. The number of pyridine rings is 1. The van der Waals surface area contributed by atoms with Crippen LogP contribution in [0.3, 0.4) is 0 Å². The first kappa shape index (κ1) is 9.59. The van der Waals surface area contributed by atoms with Gasteiger partial charge in [-0.25, -0.2) is 0 Å². The molecule has 1 aromatic rings. The molecule has 16 heavy (non-hydrogen) atoms. The van der Waals surface area contributed by atoms with Gasteiger partial charge in [0, 0.05) is 17.8 Å². The molecule has 1 heteroatoms.